The first-order valence-electron chi connectivity index (χ1n) is 18.8. The molecule has 0 saturated heterocycles. The Kier molecular flexibility index (Phi) is 8.48. The standard InChI is InChI=1S/C52H32N4O/c53-33-34-21-23-38(24-22-34)44-30-29-43(47-46-32-42(35-13-5-1-6-14-35)31-45(48(46)57-49(44)47)36-15-7-2-8-16-36)37-25-27-41(28-26-37)52-55-50(39-17-9-3-10-18-39)54-51(56-52)40-19-11-4-12-20-40/h1-32H. The Labute approximate surface area is 329 Å². The number of rotatable bonds is 7. The molecule has 0 unspecified atom stereocenters. The Morgan fingerprint density at radius 3 is 1.32 bits per heavy atom. The maximum Gasteiger partial charge on any atom is 0.164 e. The van der Waals surface area contributed by atoms with Gasteiger partial charge < -0.3 is 4.42 Å². The lowest BCUT2D eigenvalue weighted by molar-refractivity contribution is 0.671. The van der Waals surface area contributed by atoms with Crippen molar-refractivity contribution in [2.75, 3.05) is 0 Å². The summed E-state index contributed by atoms with van der Waals surface area (Å²) in [4.78, 5) is 14.8. The first-order chi connectivity index (χ1) is 28.2. The predicted octanol–water partition coefficient (Wildman–Crippen LogP) is 13.3. The summed E-state index contributed by atoms with van der Waals surface area (Å²) < 4.78 is 7.04. The highest BCUT2D eigenvalue weighted by molar-refractivity contribution is 6.19. The van der Waals surface area contributed by atoms with Gasteiger partial charge in [0.15, 0.2) is 17.5 Å². The normalized spacial score (nSPS) is 11.1. The van der Waals surface area contributed by atoms with Crippen LogP contribution >= 0.6 is 0 Å². The number of furan rings is 1. The molecule has 266 valence electrons. The van der Waals surface area contributed by atoms with Gasteiger partial charge in [0.25, 0.3) is 0 Å². The van der Waals surface area contributed by atoms with Crippen molar-refractivity contribution in [1.29, 1.82) is 5.26 Å². The third kappa shape index (κ3) is 6.32. The van der Waals surface area contributed by atoms with E-state index >= 15 is 0 Å². The number of nitrogens with zero attached hydrogens (tertiary/aromatic N) is 4. The number of fused-ring (bicyclic) bond motifs is 3. The van der Waals surface area contributed by atoms with Gasteiger partial charge in [0.1, 0.15) is 11.2 Å². The molecule has 8 aromatic carbocycles. The second kappa shape index (κ2) is 14.4. The second-order valence-corrected chi connectivity index (χ2v) is 13.9. The van der Waals surface area contributed by atoms with Crippen molar-refractivity contribution < 1.29 is 4.42 Å². The number of aromatic nitrogens is 3. The molecule has 0 spiro atoms. The zero-order valence-corrected chi connectivity index (χ0v) is 30.7. The average molecular weight is 729 g/mol. The van der Waals surface area contributed by atoms with Gasteiger partial charge in [-0.15, -0.1) is 0 Å². The number of benzene rings is 8. The molecule has 0 radical (unpaired) electrons. The van der Waals surface area contributed by atoms with E-state index in [0.717, 1.165) is 83.1 Å². The SMILES string of the molecule is N#Cc1ccc(-c2ccc(-c3ccc(-c4nc(-c5ccccc5)nc(-c5ccccc5)n4)cc3)c3c2oc2c(-c4ccccc4)cc(-c4ccccc4)cc23)cc1. The molecule has 0 aliphatic heterocycles. The fourth-order valence-corrected chi connectivity index (χ4v) is 7.54. The van der Waals surface area contributed by atoms with Gasteiger partial charge >= 0.3 is 0 Å². The highest BCUT2D eigenvalue weighted by atomic mass is 16.3. The first-order valence-corrected chi connectivity index (χ1v) is 18.8. The first kappa shape index (κ1) is 33.6. The van der Waals surface area contributed by atoms with Gasteiger partial charge in [-0.3, -0.25) is 0 Å². The fourth-order valence-electron chi connectivity index (χ4n) is 7.54. The van der Waals surface area contributed by atoms with E-state index in [1.54, 1.807) is 0 Å². The summed E-state index contributed by atoms with van der Waals surface area (Å²) in [6.45, 7) is 0. The van der Waals surface area contributed by atoms with E-state index in [-0.39, 0.29) is 0 Å². The molecule has 2 aromatic heterocycles. The molecule has 0 aliphatic carbocycles. The summed E-state index contributed by atoms with van der Waals surface area (Å²) >= 11 is 0. The lowest BCUT2D eigenvalue weighted by atomic mass is 9.91. The molecule has 5 nitrogen and oxygen atoms in total. The zero-order chi connectivity index (χ0) is 38.1. The fraction of sp³-hybridized carbons (Fsp3) is 0. The van der Waals surface area contributed by atoms with Crippen molar-refractivity contribution in [2.45, 2.75) is 0 Å². The lowest BCUT2D eigenvalue weighted by Crippen LogP contribution is -2.00. The summed E-state index contributed by atoms with van der Waals surface area (Å²) in [6.07, 6.45) is 0. The number of hydrogen-bond donors (Lipinski definition) is 0. The highest BCUT2D eigenvalue weighted by Crippen LogP contribution is 2.46. The summed E-state index contributed by atoms with van der Waals surface area (Å²) in [5.74, 6) is 1.85. The quantitative estimate of drug-likeness (QED) is 0.163. The van der Waals surface area contributed by atoms with E-state index in [4.69, 9.17) is 19.4 Å². The van der Waals surface area contributed by atoms with Gasteiger partial charge in [0, 0.05) is 38.6 Å². The topological polar surface area (TPSA) is 75.6 Å². The van der Waals surface area contributed by atoms with Gasteiger partial charge in [-0.05, 0) is 63.7 Å². The smallest absolute Gasteiger partial charge is 0.164 e. The second-order valence-electron chi connectivity index (χ2n) is 13.9. The van der Waals surface area contributed by atoms with Crippen molar-refractivity contribution in [3.63, 3.8) is 0 Å². The maximum atomic E-state index is 9.53. The van der Waals surface area contributed by atoms with Crippen LogP contribution in [0.15, 0.2) is 199 Å². The van der Waals surface area contributed by atoms with Gasteiger partial charge in [0.05, 0.1) is 11.6 Å². The van der Waals surface area contributed by atoms with Crippen molar-refractivity contribution in [2.24, 2.45) is 0 Å². The van der Waals surface area contributed by atoms with E-state index < -0.39 is 0 Å². The van der Waals surface area contributed by atoms with Crippen molar-refractivity contribution in [3.05, 3.63) is 200 Å². The Hall–Kier alpha value is -7.94. The summed E-state index contributed by atoms with van der Waals surface area (Å²) in [5, 5.41) is 11.6. The molecule has 0 aliphatic rings. The van der Waals surface area contributed by atoms with Gasteiger partial charge in [0.2, 0.25) is 0 Å². The van der Waals surface area contributed by atoms with Crippen LogP contribution in [-0.2, 0) is 0 Å². The number of hydrogen-bond acceptors (Lipinski definition) is 5. The molecule has 0 fully saturated rings. The summed E-state index contributed by atoms with van der Waals surface area (Å²) in [7, 11) is 0. The minimum absolute atomic E-state index is 0.601. The van der Waals surface area contributed by atoms with E-state index in [1.807, 2.05) is 97.1 Å². The molecular formula is C52H32N4O. The Morgan fingerprint density at radius 1 is 0.351 bits per heavy atom. The molecule has 2 heterocycles. The van der Waals surface area contributed by atoms with Crippen LogP contribution in [0.5, 0.6) is 0 Å². The van der Waals surface area contributed by atoms with Crippen molar-refractivity contribution >= 4 is 21.9 Å². The van der Waals surface area contributed by atoms with E-state index in [1.165, 1.54) is 0 Å². The van der Waals surface area contributed by atoms with Crippen LogP contribution in [0, 0.1) is 11.3 Å². The third-order valence-corrected chi connectivity index (χ3v) is 10.4. The van der Waals surface area contributed by atoms with Gasteiger partial charge in [-0.1, -0.05) is 164 Å². The number of nitriles is 1. The average Bonchev–Trinajstić information content (AvgIpc) is 3.69. The molecule has 0 bridgehead atoms. The predicted molar refractivity (Wildman–Crippen MR) is 230 cm³/mol. The van der Waals surface area contributed by atoms with Crippen molar-refractivity contribution in [3.8, 4) is 84.7 Å². The van der Waals surface area contributed by atoms with Gasteiger partial charge in [-0.2, -0.15) is 5.26 Å². The Morgan fingerprint density at radius 2 is 0.772 bits per heavy atom. The Balaban J connectivity index is 1.18. The molecule has 57 heavy (non-hydrogen) atoms. The summed E-state index contributed by atoms with van der Waals surface area (Å²) in [6, 6.07) is 68.1. The molecule has 0 N–H and O–H groups in total. The van der Waals surface area contributed by atoms with E-state index in [9.17, 15) is 5.26 Å². The van der Waals surface area contributed by atoms with E-state index in [0.29, 0.717) is 23.0 Å². The molecule has 10 aromatic rings. The molecule has 0 amide bonds. The molecule has 5 heteroatoms. The maximum absolute atomic E-state index is 9.53. The van der Waals surface area contributed by atoms with Crippen LogP contribution in [-0.4, -0.2) is 15.0 Å². The lowest BCUT2D eigenvalue weighted by Gasteiger charge is -2.11. The monoisotopic (exact) mass is 728 g/mol. The van der Waals surface area contributed by atoms with Crippen molar-refractivity contribution in [1.82, 2.24) is 15.0 Å². The van der Waals surface area contributed by atoms with E-state index in [2.05, 4.69) is 103 Å². The van der Waals surface area contributed by atoms with Crippen LogP contribution in [0.3, 0.4) is 0 Å². The minimum atomic E-state index is 0.601. The zero-order valence-electron chi connectivity index (χ0n) is 30.7. The molecule has 10 rings (SSSR count). The molecular weight excluding hydrogens is 697 g/mol. The van der Waals surface area contributed by atoms with Gasteiger partial charge in [-0.25, -0.2) is 15.0 Å². The molecule has 0 saturated carbocycles. The largest absolute Gasteiger partial charge is 0.455 e. The molecule has 0 atom stereocenters. The van der Waals surface area contributed by atoms with Crippen LogP contribution in [0.1, 0.15) is 5.56 Å². The summed E-state index contributed by atoms with van der Waals surface area (Å²) in [5.41, 5.74) is 13.3. The van der Waals surface area contributed by atoms with Crippen LogP contribution in [0.4, 0.5) is 0 Å². The van der Waals surface area contributed by atoms with Crippen LogP contribution in [0.2, 0.25) is 0 Å². The minimum Gasteiger partial charge on any atom is -0.455 e. The van der Waals surface area contributed by atoms with Crippen LogP contribution < -0.4 is 0 Å². The van der Waals surface area contributed by atoms with Crippen LogP contribution in [0.25, 0.3) is 101 Å². The Bertz CT molecular complexity index is 3020. The highest BCUT2D eigenvalue weighted by Gasteiger charge is 2.22. The third-order valence-electron chi connectivity index (χ3n) is 10.4.